The van der Waals surface area contributed by atoms with E-state index in [1.54, 1.807) is 0 Å². The van der Waals surface area contributed by atoms with Crippen molar-refractivity contribution in [1.82, 2.24) is 0 Å². The second-order valence-electron chi connectivity index (χ2n) is 4.10. The van der Waals surface area contributed by atoms with E-state index < -0.39 is 6.10 Å². The summed E-state index contributed by atoms with van der Waals surface area (Å²) in [5.41, 5.74) is 4.85. The number of hydrogen-bond acceptors (Lipinski definition) is 2. The number of ether oxygens (including phenoxy) is 1. The van der Waals surface area contributed by atoms with E-state index in [1.807, 2.05) is 18.2 Å². The molecule has 0 bridgehead atoms. The van der Waals surface area contributed by atoms with Gasteiger partial charge >= 0.3 is 0 Å². The molecule has 3 heteroatoms. The van der Waals surface area contributed by atoms with Crippen molar-refractivity contribution in [2.45, 2.75) is 32.3 Å². The van der Waals surface area contributed by atoms with Gasteiger partial charge < -0.3 is 15.6 Å². The Labute approximate surface area is 97.2 Å². The lowest BCUT2D eigenvalue weighted by atomic mass is 9.98. The zero-order chi connectivity index (χ0) is 12.0. The van der Waals surface area contributed by atoms with Crippen molar-refractivity contribution >= 4 is 0 Å². The van der Waals surface area contributed by atoms with Gasteiger partial charge in [-0.2, -0.15) is 0 Å². The van der Waals surface area contributed by atoms with Crippen LogP contribution in [-0.2, 0) is 0 Å². The Morgan fingerprint density at radius 3 is 2.69 bits per heavy atom. The molecular formula is C13H22NO2+. The maximum absolute atomic E-state index is 9.42. The van der Waals surface area contributed by atoms with Gasteiger partial charge in [0.1, 0.15) is 25.0 Å². The Hall–Kier alpha value is -1.06. The van der Waals surface area contributed by atoms with Crippen molar-refractivity contribution in [1.29, 1.82) is 0 Å². The van der Waals surface area contributed by atoms with Crippen molar-refractivity contribution < 1.29 is 15.6 Å². The highest BCUT2D eigenvalue weighted by molar-refractivity contribution is 5.35. The monoisotopic (exact) mass is 224 g/mol. The number of hydrogen-bond donors (Lipinski definition) is 2. The highest BCUT2D eigenvalue weighted by Gasteiger charge is 2.11. The van der Waals surface area contributed by atoms with Crippen LogP contribution in [0.3, 0.4) is 0 Å². The normalized spacial score (nSPS) is 14.5. The molecule has 4 N–H and O–H groups in total. The molecule has 1 rings (SSSR count). The first-order valence-electron chi connectivity index (χ1n) is 5.88. The second-order valence-corrected chi connectivity index (χ2v) is 4.10. The Balaban J connectivity index is 2.71. The fourth-order valence-electron chi connectivity index (χ4n) is 1.51. The summed E-state index contributed by atoms with van der Waals surface area (Å²) >= 11 is 0. The van der Waals surface area contributed by atoms with Gasteiger partial charge in [-0.1, -0.05) is 32.0 Å². The van der Waals surface area contributed by atoms with Crippen LogP contribution < -0.4 is 10.5 Å². The summed E-state index contributed by atoms with van der Waals surface area (Å²) in [7, 11) is 0. The molecule has 1 aromatic rings. The molecule has 0 heterocycles. The second kappa shape index (κ2) is 6.51. The number of aliphatic hydroxyl groups excluding tert-OH is 1. The Morgan fingerprint density at radius 1 is 1.38 bits per heavy atom. The molecule has 90 valence electrons. The topological polar surface area (TPSA) is 57.1 Å². The van der Waals surface area contributed by atoms with Gasteiger partial charge in [0.25, 0.3) is 0 Å². The van der Waals surface area contributed by atoms with Gasteiger partial charge in [0, 0.05) is 0 Å². The van der Waals surface area contributed by atoms with Crippen molar-refractivity contribution in [3.63, 3.8) is 0 Å². The van der Waals surface area contributed by atoms with Crippen molar-refractivity contribution in [3.05, 3.63) is 29.8 Å². The molecule has 0 aliphatic heterocycles. The summed E-state index contributed by atoms with van der Waals surface area (Å²) < 4.78 is 5.62. The van der Waals surface area contributed by atoms with E-state index >= 15 is 0 Å². The van der Waals surface area contributed by atoms with E-state index in [-0.39, 0.29) is 0 Å². The molecule has 1 aromatic carbocycles. The van der Waals surface area contributed by atoms with Crippen LogP contribution in [0, 0.1) is 0 Å². The van der Waals surface area contributed by atoms with E-state index in [9.17, 15) is 5.11 Å². The summed E-state index contributed by atoms with van der Waals surface area (Å²) in [5, 5.41) is 9.42. The Bertz CT molecular complexity index is 315. The summed E-state index contributed by atoms with van der Waals surface area (Å²) in [6.45, 7) is 5.13. The molecule has 0 unspecified atom stereocenters. The summed E-state index contributed by atoms with van der Waals surface area (Å²) in [4.78, 5) is 0. The fourth-order valence-corrected chi connectivity index (χ4v) is 1.51. The molecule has 0 aromatic heterocycles. The first kappa shape index (κ1) is 13.0. The third-order valence-electron chi connectivity index (χ3n) is 2.83. The summed E-state index contributed by atoms with van der Waals surface area (Å²) in [5.74, 6) is 1.36. The largest absolute Gasteiger partial charge is 0.490 e. The lowest BCUT2D eigenvalue weighted by Crippen LogP contribution is -2.56. The van der Waals surface area contributed by atoms with E-state index in [0.29, 0.717) is 19.1 Å². The predicted molar refractivity (Wildman–Crippen MR) is 64.4 cm³/mol. The quantitative estimate of drug-likeness (QED) is 0.762. The lowest BCUT2D eigenvalue weighted by molar-refractivity contribution is -0.384. The van der Waals surface area contributed by atoms with Crippen LogP contribution >= 0.6 is 0 Å². The van der Waals surface area contributed by atoms with E-state index in [0.717, 1.165) is 12.2 Å². The maximum Gasteiger partial charge on any atom is 0.136 e. The molecule has 16 heavy (non-hydrogen) atoms. The minimum absolute atomic E-state index is 0.316. The number of benzene rings is 1. The van der Waals surface area contributed by atoms with Crippen molar-refractivity contribution in [3.8, 4) is 5.75 Å². The first-order valence-corrected chi connectivity index (χ1v) is 5.88. The van der Waals surface area contributed by atoms with Crippen LogP contribution in [0.25, 0.3) is 0 Å². The number of aliphatic hydroxyl groups is 1. The Kier molecular flexibility index (Phi) is 5.29. The van der Waals surface area contributed by atoms with Gasteiger partial charge in [0.15, 0.2) is 0 Å². The zero-order valence-corrected chi connectivity index (χ0v) is 10.1. The van der Waals surface area contributed by atoms with Gasteiger partial charge in [0.05, 0.1) is 0 Å². The summed E-state index contributed by atoms with van der Waals surface area (Å²) in [6, 6.07) is 8.02. The average molecular weight is 224 g/mol. The van der Waals surface area contributed by atoms with Crippen LogP contribution in [-0.4, -0.2) is 24.4 Å². The lowest BCUT2D eigenvalue weighted by Gasteiger charge is -2.16. The van der Waals surface area contributed by atoms with Gasteiger partial charge in [-0.3, -0.25) is 0 Å². The molecule has 0 saturated carbocycles. The number of para-hydroxylation sites is 1. The molecule has 3 nitrogen and oxygen atoms in total. The Morgan fingerprint density at radius 2 is 2.06 bits per heavy atom. The van der Waals surface area contributed by atoms with Crippen LogP contribution in [0.1, 0.15) is 31.7 Å². The summed E-state index contributed by atoms with van der Waals surface area (Å²) in [6.07, 6.45) is 0.600. The highest BCUT2D eigenvalue weighted by Crippen LogP contribution is 2.28. The average Bonchev–Trinajstić information content (AvgIpc) is 2.35. The molecule has 0 aliphatic rings. The van der Waals surface area contributed by atoms with Gasteiger partial charge in [0.2, 0.25) is 0 Å². The molecule has 2 atom stereocenters. The molecule has 0 saturated heterocycles. The molecule has 0 aliphatic carbocycles. The predicted octanol–water partition coefficient (Wildman–Crippen LogP) is 1.18. The molecule has 0 fully saturated rings. The smallest absolute Gasteiger partial charge is 0.136 e. The van der Waals surface area contributed by atoms with Gasteiger partial charge in [-0.05, 0) is 24.0 Å². The van der Waals surface area contributed by atoms with Crippen molar-refractivity contribution in [2.24, 2.45) is 0 Å². The standard InChI is InChI=1S/C13H21NO2/c1-3-10(2)12-6-4-5-7-13(12)16-9-11(15)8-14/h4-7,10-11,15H,3,8-9,14H2,1-2H3/p+1/t10-,11+/m1/s1. The minimum Gasteiger partial charge on any atom is -0.490 e. The first-order chi connectivity index (χ1) is 7.69. The highest BCUT2D eigenvalue weighted by atomic mass is 16.5. The third kappa shape index (κ3) is 3.51. The maximum atomic E-state index is 9.42. The fraction of sp³-hybridized carbons (Fsp3) is 0.538. The number of rotatable bonds is 6. The third-order valence-corrected chi connectivity index (χ3v) is 2.83. The van der Waals surface area contributed by atoms with E-state index in [2.05, 4.69) is 25.6 Å². The van der Waals surface area contributed by atoms with Crippen LogP contribution in [0.5, 0.6) is 5.75 Å². The van der Waals surface area contributed by atoms with Crippen LogP contribution in [0.4, 0.5) is 0 Å². The van der Waals surface area contributed by atoms with E-state index in [1.165, 1.54) is 5.56 Å². The molecule has 0 amide bonds. The van der Waals surface area contributed by atoms with Crippen LogP contribution in [0.15, 0.2) is 24.3 Å². The minimum atomic E-state index is -0.481. The van der Waals surface area contributed by atoms with Crippen molar-refractivity contribution in [2.75, 3.05) is 13.2 Å². The van der Waals surface area contributed by atoms with Gasteiger partial charge in [-0.25, -0.2) is 0 Å². The number of quaternary nitrogens is 1. The zero-order valence-electron chi connectivity index (χ0n) is 10.1. The SMILES string of the molecule is CC[C@@H](C)c1ccccc1OC[C@@H](O)C[NH3+]. The molecule has 0 radical (unpaired) electrons. The van der Waals surface area contributed by atoms with Crippen LogP contribution in [0.2, 0.25) is 0 Å². The van der Waals surface area contributed by atoms with E-state index in [4.69, 9.17) is 4.74 Å². The van der Waals surface area contributed by atoms with Gasteiger partial charge in [-0.15, -0.1) is 0 Å². The molecular weight excluding hydrogens is 202 g/mol. The molecule has 0 spiro atoms.